The van der Waals surface area contributed by atoms with Gasteiger partial charge in [-0.05, 0) is 0 Å². The third kappa shape index (κ3) is 12.0. The van der Waals surface area contributed by atoms with Gasteiger partial charge in [0, 0.05) is 0 Å². The maximum Gasteiger partial charge on any atom is -0.0683 e. The summed E-state index contributed by atoms with van der Waals surface area (Å²) in [7, 11) is 0. The van der Waals surface area contributed by atoms with Crippen molar-refractivity contribution in [1.82, 2.24) is 0 Å². The molecule has 7 rings (SSSR count). The van der Waals surface area contributed by atoms with Gasteiger partial charge in [-0.15, -0.1) is 0 Å². The van der Waals surface area contributed by atoms with Crippen LogP contribution in [0.25, 0.3) is 33.4 Å². The van der Waals surface area contributed by atoms with Gasteiger partial charge in [0.1, 0.15) is 0 Å². The molecule has 0 saturated heterocycles. The minimum Gasteiger partial charge on any atom is -0.0683 e. The van der Waals surface area contributed by atoms with Crippen LogP contribution in [-0.4, -0.2) is 12.9 Å². The van der Waals surface area contributed by atoms with Crippen molar-refractivity contribution in [2.45, 2.75) is 107 Å². The van der Waals surface area contributed by atoms with Crippen LogP contribution in [0.3, 0.4) is 0 Å². The van der Waals surface area contributed by atoms with Crippen molar-refractivity contribution >= 4 is 46.6 Å². The summed E-state index contributed by atoms with van der Waals surface area (Å²) in [6.45, 7) is 34.6. The van der Waals surface area contributed by atoms with E-state index in [2.05, 4.69) is 263 Å². The first-order valence-electron chi connectivity index (χ1n) is 25.7. The topological polar surface area (TPSA) is 3.24 Å². The summed E-state index contributed by atoms with van der Waals surface area (Å²) in [4.78, 5) is 2.49. The molecule has 0 spiro atoms. The molecular formula is C68H76BN. The van der Waals surface area contributed by atoms with Crippen molar-refractivity contribution in [1.29, 1.82) is 0 Å². The summed E-state index contributed by atoms with van der Waals surface area (Å²) in [5.41, 5.74) is 21.9. The Morgan fingerprint density at radius 2 is 1.54 bits per heavy atom. The van der Waals surface area contributed by atoms with E-state index >= 15 is 0 Å². The van der Waals surface area contributed by atoms with Crippen molar-refractivity contribution in [3.05, 3.63) is 251 Å². The molecule has 0 fully saturated rings. The Balaban J connectivity index is 0.00000397. The molecule has 4 aromatic rings. The Morgan fingerprint density at radius 3 is 2.21 bits per heavy atom. The predicted octanol–water partition coefficient (Wildman–Crippen LogP) is 19.3. The predicted molar refractivity (Wildman–Crippen MR) is 315 cm³/mol. The Bertz CT molecular complexity index is 2930. The van der Waals surface area contributed by atoms with Crippen molar-refractivity contribution in [3.63, 3.8) is 0 Å². The average Bonchev–Trinajstić information content (AvgIpc) is 3.45. The van der Waals surface area contributed by atoms with E-state index in [1.54, 1.807) is 0 Å². The minimum atomic E-state index is -0.141. The largest absolute Gasteiger partial charge is 0.0683 e. The van der Waals surface area contributed by atoms with Crippen LogP contribution in [0, 0.1) is 12.8 Å². The normalized spacial score (nSPS) is 16.9. The summed E-state index contributed by atoms with van der Waals surface area (Å²) in [5.74, 6) is 2.87. The number of benzene rings is 4. The van der Waals surface area contributed by atoms with Gasteiger partial charge in [0.25, 0.3) is 0 Å². The molecule has 2 heteroatoms. The molecule has 1 unspecified atom stereocenters. The number of nitrogens with zero attached hydrogens (tertiary/aromatic N) is 1. The molecule has 4 aromatic carbocycles. The van der Waals surface area contributed by atoms with Gasteiger partial charge in [-0.1, -0.05) is 20.8 Å². The molecule has 70 heavy (non-hydrogen) atoms. The number of rotatable bonds is 16. The number of hydrogen-bond donors (Lipinski definition) is 0. The zero-order valence-electron chi connectivity index (χ0n) is 44.1. The second-order valence-corrected chi connectivity index (χ2v) is 19.0. The van der Waals surface area contributed by atoms with Crippen molar-refractivity contribution in [3.8, 4) is 11.1 Å². The van der Waals surface area contributed by atoms with Crippen molar-refractivity contribution in [2.75, 3.05) is 4.90 Å². The first-order valence-corrected chi connectivity index (χ1v) is 25.7. The van der Waals surface area contributed by atoms with E-state index in [1.165, 1.54) is 61.2 Å². The molecule has 0 aromatic heterocycles. The van der Waals surface area contributed by atoms with E-state index in [0.717, 1.165) is 58.6 Å². The third-order valence-electron chi connectivity index (χ3n) is 13.4. The average molecular weight is 918 g/mol. The molecule has 1 aliphatic heterocycles. The zero-order chi connectivity index (χ0) is 50.4. The van der Waals surface area contributed by atoms with Crippen LogP contribution in [0.2, 0.25) is 5.82 Å². The Hall–Kier alpha value is -6.77. The number of aryl methyl sites for hydroxylation is 1. The summed E-state index contributed by atoms with van der Waals surface area (Å²) in [5, 5.41) is 0. The van der Waals surface area contributed by atoms with E-state index in [1.807, 2.05) is 26.0 Å². The summed E-state index contributed by atoms with van der Waals surface area (Å²) in [6.07, 6.45) is 40.5. The molecule has 0 N–H and O–H groups in total. The van der Waals surface area contributed by atoms with Gasteiger partial charge in [-0.3, -0.25) is 0 Å². The summed E-state index contributed by atoms with van der Waals surface area (Å²) in [6, 6.07) is 30.1. The first-order chi connectivity index (χ1) is 33.9. The molecule has 0 bridgehead atoms. The van der Waals surface area contributed by atoms with Gasteiger partial charge in [0.05, 0.1) is 0 Å². The molecule has 356 valence electrons. The van der Waals surface area contributed by atoms with E-state index in [9.17, 15) is 0 Å². The van der Waals surface area contributed by atoms with Crippen LogP contribution < -0.4 is 4.90 Å². The fourth-order valence-electron chi connectivity index (χ4n) is 9.85. The Labute approximate surface area is 424 Å². The molecule has 1 heterocycles. The number of hydrogen-bond acceptors (Lipinski definition) is 1. The molecule has 1 atom stereocenters. The molecule has 0 amide bonds. The van der Waals surface area contributed by atoms with Crippen LogP contribution in [0.5, 0.6) is 0 Å². The molecule has 3 aliphatic rings. The van der Waals surface area contributed by atoms with Gasteiger partial charge >= 0.3 is 405 Å². The SMILES string of the molecule is C=C/C=C\C(=C/C(C)C)c1cc(C2=CC(N(c3ccc(C4=CC=CCC4)cc3)c3ccc4c(c3)C(C)(C)c3ccccc3-4)=CC(C)B=C2)c(C(/C=C\C(=C/C)C(\C=C/CC)=C\C=C)=C\C)cc1C.CC. The van der Waals surface area contributed by atoms with Gasteiger partial charge in [-0.2, -0.15) is 0 Å². The van der Waals surface area contributed by atoms with Gasteiger partial charge in [0.2, 0.25) is 0 Å². The summed E-state index contributed by atoms with van der Waals surface area (Å²) >= 11 is 0. The van der Waals surface area contributed by atoms with Crippen molar-refractivity contribution < 1.29 is 0 Å². The Kier molecular flexibility index (Phi) is 18.5. The van der Waals surface area contributed by atoms with Crippen LogP contribution >= 0.6 is 0 Å². The second-order valence-electron chi connectivity index (χ2n) is 19.0. The van der Waals surface area contributed by atoms with Crippen molar-refractivity contribution in [2.24, 2.45) is 5.92 Å². The monoisotopic (exact) mass is 918 g/mol. The smallest absolute Gasteiger partial charge is 0.0683 e. The number of fused-ring (bicyclic) bond motifs is 3. The van der Waals surface area contributed by atoms with E-state index in [0.29, 0.717) is 5.92 Å². The third-order valence-corrected chi connectivity index (χ3v) is 13.4. The molecular weight excluding hydrogens is 842 g/mol. The van der Waals surface area contributed by atoms with Crippen LogP contribution in [0.4, 0.5) is 11.4 Å². The van der Waals surface area contributed by atoms with E-state index < -0.39 is 0 Å². The van der Waals surface area contributed by atoms with E-state index in [-0.39, 0.29) is 11.2 Å². The quantitative estimate of drug-likeness (QED) is 0.0800. The van der Waals surface area contributed by atoms with Gasteiger partial charge < -0.3 is 0 Å². The van der Waals surface area contributed by atoms with E-state index in [4.69, 9.17) is 0 Å². The Morgan fingerprint density at radius 1 is 0.800 bits per heavy atom. The number of allylic oxidation sites excluding steroid dienone is 23. The molecule has 0 radical (unpaired) electrons. The van der Waals surface area contributed by atoms with Crippen LogP contribution in [-0.2, 0) is 5.41 Å². The second kappa shape index (κ2) is 24.7. The molecule has 2 aliphatic carbocycles. The zero-order valence-corrected chi connectivity index (χ0v) is 44.1. The van der Waals surface area contributed by atoms with Gasteiger partial charge in [-0.25, -0.2) is 0 Å². The van der Waals surface area contributed by atoms with Crippen LogP contribution in [0.15, 0.2) is 212 Å². The molecule has 1 nitrogen and oxygen atoms in total. The molecule has 0 saturated carbocycles. The standard InChI is InChI=1S/C66H70BN.C2H6/c1-12-17-25-51(24-14-3)49(15-4)31-32-50(16-5)62-40-47(8)61(54(26-18-13-2)39-46(6)7)44-63(62)55-42-58(41-48(9)67-45-55)68(56-35-33-53(34-36-56)52-27-20-19-21-28-52)57-37-38-60-59-29-22-23-30-64(59)66(10,11)65(60)43-57;1-2/h13-20,22-27,29-46,48H,2-3,12,21,28H2,1,4-11H3;1-2H3/b25-17-,26-18-,32-31-,49-15+,50-16-,51-24+,54-39+;. The fraction of sp³-hybridized carbons (Fsp3) is 0.250. The first kappa shape index (κ1) is 52.6. The fourth-order valence-corrected chi connectivity index (χ4v) is 9.85. The summed E-state index contributed by atoms with van der Waals surface area (Å²) < 4.78 is 0. The maximum absolute atomic E-state index is 4.03. The van der Waals surface area contributed by atoms with Crippen LogP contribution in [0.1, 0.15) is 127 Å². The minimum absolute atomic E-state index is 0.141. The van der Waals surface area contributed by atoms with Gasteiger partial charge in [0.15, 0.2) is 0 Å². The number of anilines is 2. The maximum atomic E-state index is 4.03.